The molecule has 3 atom stereocenters. The van der Waals surface area contributed by atoms with Gasteiger partial charge in [0, 0.05) is 0 Å². The number of rotatable bonds is 3. The first-order valence-electron chi connectivity index (χ1n) is 5.19. The molecule has 0 aromatic rings. The first kappa shape index (κ1) is 8.84. The number of fused-ring (bicyclic) bond motifs is 2. The van der Waals surface area contributed by atoms with E-state index in [0.29, 0.717) is 0 Å². The molecule has 2 rings (SSSR count). The van der Waals surface area contributed by atoms with Crippen molar-refractivity contribution in [2.75, 3.05) is 13.1 Å². The van der Waals surface area contributed by atoms with Crippen LogP contribution in [0.15, 0.2) is 12.2 Å². The van der Waals surface area contributed by atoms with E-state index in [-0.39, 0.29) is 0 Å². The van der Waals surface area contributed by atoms with Crippen molar-refractivity contribution >= 4 is 0 Å². The van der Waals surface area contributed by atoms with Crippen LogP contribution in [-0.2, 0) is 0 Å². The molecule has 1 N–H and O–H groups in total. The zero-order chi connectivity index (χ0) is 9.10. The van der Waals surface area contributed by atoms with Gasteiger partial charge in [-0.2, -0.15) is 0 Å². The second-order valence-electron chi connectivity index (χ2n) is 4.10. The highest BCUT2D eigenvalue weighted by atomic mass is 14.9. The van der Waals surface area contributed by atoms with Crippen molar-refractivity contribution in [1.29, 1.82) is 0 Å². The van der Waals surface area contributed by atoms with Crippen LogP contribution in [-0.4, -0.2) is 13.1 Å². The van der Waals surface area contributed by atoms with Gasteiger partial charge in [-0.3, -0.25) is 0 Å². The molecule has 2 aliphatic carbocycles. The van der Waals surface area contributed by atoms with Crippen molar-refractivity contribution in [3.05, 3.63) is 12.2 Å². The average molecular weight is 175 g/mol. The summed E-state index contributed by atoms with van der Waals surface area (Å²) in [6.45, 7) is 3.90. The van der Waals surface area contributed by atoms with Crippen molar-refractivity contribution in [2.45, 2.75) is 19.8 Å². The number of hydrogen-bond acceptors (Lipinski definition) is 1. The maximum atomic E-state index is 3.41. The van der Waals surface area contributed by atoms with E-state index in [9.17, 15) is 0 Å². The van der Waals surface area contributed by atoms with Crippen molar-refractivity contribution in [2.24, 2.45) is 17.8 Å². The first-order chi connectivity index (χ1) is 6.40. The van der Waals surface area contributed by atoms with Gasteiger partial charge in [-0.05, 0) is 44.1 Å². The largest absolute Gasteiger partial charge is 0.306 e. The van der Waals surface area contributed by atoms with E-state index in [4.69, 9.17) is 0 Å². The lowest BCUT2D eigenvalue weighted by Crippen LogP contribution is -2.25. The normalized spacial score (nSPS) is 34.7. The van der Waals surface area contributed by atoms with Gasteiger partial charge in [0.25, 0.3) is 0 Å². The number of hydrogen-bond donors (Lipinski definition) is 1. The molecule has 0 heterocycles. The van der Waals surface area contributed by atoms with Gasteiger partial charge in [0.1, 0.15) is 0 Å². The topological polar surface area (TPSA) is 12.0 Å². The van der Waals surface area contributed by atoms with Gasteiger partial charge < -0.3 is 5.32 Å². The van der Waals surface area contributed by atoms with Gasteiger partial charge in [0.2, 0.25) is 0 Å². The SMILES string of the molecule is CC#CCNCC1CC2C=CC1C2. The summed E-state index contributed by atoms with van der Waals surface area (Å²) in [7, 11) is 0. The highest BCUT2D eigenvalue weighted by Gasteiger charge is 2.34. The predicted octanol–water partition coefficient (Wildman–Crippen LogP) is 1.81. The van der Waals surface area contributed by atoms with E-state index < -0.39 is 0 Å². The first-order valence-corrected chi connectivity index (χ1v) is 5.19. The summed E-state index contributed by atoms with van der Waals surface area (Å²) in [6.07, 6.45) is 7.61. The summed E-state index contributed by atoms with van der Waals surface area (Å²) in [5, 5.41) is 3.41. The fraction of sp³-hybridized carbons (Fsp3) is 0.667. The Morgan fingerprint density at radius 1 is 1.38 bits per heavy atom. The second-order valence-corrected chi connectivity index (χ2v) is 4.10. The Morgan fingerprint density at radius 3 is 2.92 bits per heavy atom. The van der Waals surface area contributed by atoms with Crippen LogP contribution in [0.3, 0.4) is 0 Å². The average Bonchev–Trinajstić information content (AvgIpc) is 2.73. The van der Waals surface area contributed by atoms with E-state index in [1.807, 2.05) is 6.92 Å². The Balaban J connectivity index is 1.71. The fourth-order valence-corrected chi connectivity index (χ4v) is 2.54. The minimum absolute atomic E-state index is 0.855. The molecule has 0 aromatic heterocycles. The molecule has 0 aromatic carbocycles. The molecule has 13 heavy (non-hydrogen) atoms. The van der Waals surface area contributed by atoms with E-state index in [1.165, 1.54) is 12.8 Å². The van der Waals surface area contributed by atoms with Crippen LogP contribution >= 0.6 is 0 Å². The summed E-state index contributed by atoms with van der Waals surface area (Å²) in [5.41, 5.74) is 0. The van der Waals surface area contributed by atoms with Crippen molar-refractivity contribution in [3.63, 3.8) is 0 Å². The summed E-state index contributed by atoms with van der Waals surface area (Å²) in [4.78, 5) is 0. The van der Waals surface area contributed by atoms with Gasteiger partial charge in [0.15, 0.2) is 0 Å². The molecule has 1 fully saturated rings. The third-order valence-electron chi connectivity index (χ3n) is 3.21. The van der Waals surface area contributed by atoms with Gasteiger partial charge in [-0.25, -0.2) is 0 Å². The molecule has 0 saturated heterocycles. The molecule has 1 nitrogen and oxygen atoms in total. The third-order valence-corrected chi connectivity index (χ3v) is 3.21. The van der Waals surface area contributed by atoms with E-state index in [1.54, 1.807) is 0 Å². The molecule has 0 amide bonds. The zero-order valence-corrected chi connectivity index (χ0v) is 8.22. The van der Waals surface area contributed by atoms with Crippen molar-refractivity contribution in [3.8, 4) is 11.8 Å². The van der Waals surface area contributed by atoms with Gasteiger partial charge in [-0.15, -0.1) is 5.92 Å². The van der Waals surface area contributed by atoms with Crippen LogP contribution < -0.4 is 5.32 Å². The number of allylic oxidation sites excluding steroid dienone is 2. The molecular formula is C12H17N. The molecule has 3 unspecified atom stereocenters. The second kappa shape index (κ2) is 3.98. The Labute approximate surface area is 80.6 Å². The standard InChI is InChI=1S/C12H17N/c1-2-3-6-13-9-12-8-10-4-5-11(12)7-10/h4-5,10-13H,6-9H2,1H3. The monoisotopic (exact) mass is 175 g/mol. The maximum absolute atomic E-state index is 3.41. The van der Waals surface area contributed by atoms with Crippen LogP contribution in [0.1, 0.15) is 19.8 Å². The zero-order valence-electron chi connectivity index (χ0n) is 8.22. The Bertz CT molecular complexity index is 256. The molecule has 70 valence electrons. The van der Waals surface area contributed by atoms with Gasteiger partial charge >= 0.3 is 0 Å². The van der Waals surface area contributed by atoms with E-state index in [2.05, 4.69) is 29.3 Å². The molecule has 0 spiro atoms. The fourth-order valence-electron chi connectivity index (χ4n) is 2.54. The Morgan fingerprint density at radius 2 is 2.31 bits per heavy atom. The lowest BCUT2D eigenvalue weighted by molar-refractivity contribution is 0.424. The minimum Gasteiger partial charge on any atom is -0.306 e. The van der Waals surface area contributed by atoms with Crippen LogP contribution in [0, 0.1) is 29.6 Å². The Kier molecular flexibility index (Phi) is 2.71. The van der Waals surface area contributed by atoms with Crippen LogP contribution in [0.4, 0.5) is 0 Å². The van der Waals surface area contributed by atoms with Crippen molar-refractivity contribution < 1.29 is 0 Å². The maximum Gasteiger partial charge on any atom is 0.0576 e. The molecule has 1 saturated carbocycles. The number of nitrogens with one attached hydrogen (secondary N) is 1. The molecule has 0 aliphatic heterocycles. The van der Waals surface area contributed by atoms with E-state index in [0.717, 1.165) is 30.8 Å². The lowest BCUT2D eigenvalue weighted by Gasteiger charge is -2.17. The molecular weight excluding hydrogens is 158 g/mol. The summed E-state index contributed by atoms with van der Waals surface area (Å²) in [6, 6.07) is 0. The highest BCUT2D eigenvalue weighted by molar-refractivity contribution is 5.10. The van der Waals surface area contributed by atoms with Crippen LogP contribution in [0.2, 0.25) is 0 Å². The summed E-state index contributed by atoms with van der Waals surface area (Å²) in [5.74, 6) is 8.59. The highest BCUT2D eigenvalue weighted by Crippen LogP contribution is 2.42. The predicted molar refractivity (Wildman–Crippen MR) is 55.2 cm³/mol. The third kappa shape index (κ3) is 1.95. The quantitative estimate of drug-likeness (QED) is 0.392. The molecule has 0 radical (unpaired) electrons. The summed E-state index contributed by atoms with van der Waals surface area (Å²) < 4.78 is 0. The summed E-state index contributed by atoms with van der Waals surface area (Å²) >= 11 is 0. The van der Waals surface area contributed by atoms with Crippen LogP contribution in [0.25, 0.3) is 0 Å². The smallest absolute Gasteiger partial charge is 0.0576 e. The van der Waals surface area contributed by atoms with Gasteiger partial charge in [-0.1, -0.05) is 18.1 Å². The molecule has 1 heteroatoms. The Hall–Kier alpha value is -0.740. The molecule has 2 bridgehead atoms. The minimum atomic E-state index is 0.855. The van der Waals surface area contributed by atoms with E-state index >= 15 is 0 Å². The lowest BCUT2D eigenvalue weighted by atomic mass is 9.94. The van der Waals surface area contributed by atoms with Crippen LogP contribution in [0.5, 0.6) is 0 Å². The van der Waals surface area contributed by atoms with Crippen molar-refractivity contribution in [1.82, 2.24) is 5.32 Å². The van der Waals surface area contributed by atoms with Gasteiger partial charge in [0.05, 0.1) is 6.54 Å². The molecule has 2 aliphatic rings.